The average molecular weight is 601 g/mol. The number of carbonyl (C=O) groups is 3. The number of rotatable bonds is 13. The Balaban J connectivity index is 1.60. The van der Waals surface area contributed by atoms with Crippen LogP contribution in [0, 0.1) is 0 Å². The van der Waals surface area contributed by atoms with E-state index in [1.165, 1.54) is 4.90 Å². The number of carboxylic acid groups (broad SMARTS) is 1. The maximum atomic E-state index is 14.0. The topological polar surface area (TPSA) is 105 Å². The number of aliphatic carboxylic acids is 1. The predicted molar refractivity (Wildman–Crippen MR) is 166 cm³/mol. The van der Waals surface area contributed by atoms with Gasteiger partial charge in [-0.2, -0.15) is 0 Å². The minimum Gasteiger partial charge on any atom is -0.493 e. The third-order valence-electron chi connectivity index (χ3n) is 6.96. The normalized spacial score (nSPS) is 10.6. The minimum absolute atomic E-state index is 0.0254. The van der Waals surface area contributed by atoms with Gasteiger partial charge >= 0.3 is 5.97 Å². The molecule has 4 aromatic rings. The third kappa shape index (κ3) is 8.14. The van der Waals surface area contributed by atoms with Gasteiger partial charge in [-0.1, -0.05) is 66.2 Å². The highest BCUT2D eigenvalue weighted by atomic mass is 35.5. The van der Waals surface area contributed by atoms with E-state index in [2.05, 4.69) is 5.32 Å². The number of hydrogen-bond donors (Lipinski definition) is 2. The van der Waals surface area contributed by atoms with E-state index in [1.807, 2.05) is 30.3 Å². The van der Waals surface area contributed by atoms with Crippen LogP contribution in [0.3, 0.4) is 0 Å². The van der Waals surface area contributed by atoms with E-state index < -0.39 is 5.97 Å². The maximum absolute atomic E-state index is 14.0. The maximum Gasteiger partial charge on any atom is 0.305 e. The van der Waals surface area contributed by atoms with Gasteiger partial charge in [-0.3, -0.25) is 14.4 Å². The van der Waals surface area contributed by atoms with Crippen molar-refractivity contribution in [2.75, 3.05) is 27.3 Å². The van der Waals surface area contributed by atoms with Gasteiger partial charge in [-0.05, 0) is 65.1 Å². The van der Waals surface area contributed by atoms with Gasteiger partial charge < -0.3 is 24.8 Å². The lowest BCUT2D eigenvalue weighted by Crippen LogP contribution is -2.35. The van der Waals surface area contributed by atoms with Crippen LogP contribution < -0.4 is 14.8 Å². The van der Waals surface area contributed by atoms with Crippen molar-refractivity contribution < 1.29 is 29.0 Å². The summed E-state index contributed by atoms with van der Waals surface area (Å²) in [4.78, 5) is 40.3. The van der Waals surface area contributed by atoms with E-state index in [-0.39, 0.29) is 37.9 Å². The van der Waals surface area contributed by atoms with Crippen molar-refractivity contribution >= 4 is 29.4 Å². The molecule has 0 fully saturated rings. The number of hydrogen-bond acceptors (Lipinski definition) is 5. The zero-order valence-corrected chi connectivity index (χ0v) is 24.8. The average Bonchev–Trinajstić information content (AvgIpc) is 3.03. The molecule has 0 atom stereocenters. The van der Waals surface area contributed by atoms with Gasteiger partial charge in [0.1, 0.15) is 0 Å². The molecule has 4 rings (SSSR count). The second-order valence-electron chi connectivity index (χ2n) is 9.78. The summed E-state index contributed by atoms with van der Waals surface area (Å²) in [6.07, 6.45) is 0.263. The van der Waals surface area contributed by atoms with Crippen LogP contribution >= 0.6 is 11.6 Å². The minimum atomic E-state index is -1.00. The molecule has 0 aliphatic heterocycles. The monoisotopic (exact) mass is 600 g/mol. The standard InChI is InChI=1S/C34H33ClN2O6/c1-42-30-15-14-23(21-31(30)43-2)16-18-37(19-17-32(38)39)34(41)29-13-6-4-11-27(29)26-10-3-5-12-28(26)33(40)36-22-24-8-7-9-25(35)20-24/h3-15,20-21H,16-19,22H2,1-2H3,(H,36,40)(H,38,39). The van der Waals surface area contributed by atoms with E-state index >= 15 is 0 Å². The molecule has 0 heterocycles. The van der Waals surface area contributed by atoms with Crippen LogP contribution in [-0.4, -0.2) is 55.1 Å². The van der Waals surface area contributed by atoms with E-state index in [4.69, 9.17) is 21.1 Å². The van der Waals surface area contributed by atoms with Crippen LogP contribution in [0.25, 0.3) is 11.1 Å². The zero-order chi connectivity index (χ0) is 30.8. The van der Waals surface area contributed by atoms with Gasteiger partial charge in [0, 0.05) is 35.8 Å². The summed E-state index contributed by atoms with van der Waals surface area (Å²) in [5, 5.41) is 12.9. The Hall–Kier alpha value is -4.82. The van der Waals surface area contributed by atoms with Gasteiger partial charge in [0.15, 0.2) is 11.5 Å². The molecule has 2 amide bonds. The largest absolute Gasteiger partial charge is 0.493 e. The highest BCUT2D eigenvalue weighted by Crippen LogP contribution is 2.30. The van der Waals surface area contributed by atoms with E-state index in [9.17, 15) is 19.5 Å². The van der Waals surface area contributed by atoms with Crippen molar-refractivity contribution in [2.24, 2.45) is 0 Å². The fraction of sp³-hybridized carbons (Fsp3) is 0.206. The van der Waals surface area contributed by atoms with Crippen LogP contribution in [0.4, 0.5) is 0 Å². The second-order valence-corrected chi connectivity index (χ2v) is 10.2. The number of carboxylic acids is 1. The number of ether oxygens (including phenoxy) is 2. The van der Waals surface area contributed by atoms with Crippen LogP contribution in [0.15, 0.2) is 91.0 Å². The van der Waals surface area contributed by atoms with Crippen LogP contribution in [0.2, 0.25) is 5.02 Å². The first kappa shape index (κ1) is 31.1. The molecule has 0 saturated carbocycles. The lowest BCUT2D eigenvalue weighted by molar-refractivity contribution is -0.137. The molecule has 9 heteroatoms. The Bertz CT molecular complexity index is 1610. The van der Waals surface area contributed by atoms with E-state index in [0.717, 1.165) is 11.1 Å². The van der Waals surface area contributed by atoms with E-state index in [1.54, 1.807) is 74.9 Å². The van der Waals surface area contributed by atoms with Gasteiger partial charge in [0.05, 0.1) is 20.6 Å². The van der Waals surface area contributed by atoms with E-state index in [0.29, 0.717) is 45.2 Å². The number of nitrogens with one attached hydrogen (secondary N) is 1. The summed E-state index contributed by atoms with van der Waals surface area (Å²) in [7, 11) is 3.11. The van der Waals surface area contributed by atoms with Crippen molar-refractivity contribution in [3.8, 4) is 22.6 Å². The number of amides is 2. The van der Waals surface area contributed by atoms with Crippen LogP contribution in [0.1, 0.15) is 38.3 Å². The fourth-order valence-electron chi connectivity index (χ4n) is 4.76. The molecule has 0 spiro atoms. The Morgan fingerprint density at radius 1 is 0.767 bits per heavy atom. The SMILES string of the molecule is COc1ccc(CCN(CCC(=O)O)C(=O)c2ccccc2-c2ccccc2C(=O)NCc2cccc(Cl)c2)cc1OC. The number of nitrogens with zero attached hydrogens (tertiary/aromatic N) is 1. The lowest BCUT2D eigenvalue weighted by atomic mass is 9.94. The highest BCUT2D eigenvalue weighted by molar-refractivity contribution is 6.30. The van der Waals surface area contributed by atoms with Crippen molar-refractivity contribution in [1.82, 2.24) is 10.2 Å². The summed E-state index contributed by atoms with van der Waals surface area (Å²) < 4.78 is 10.7. The molecule has 0 saturated heterocycles. The van der Waals surface area contributed by atoms with Gasteiger partial charge in [0.25, 0.3) is 11.8 Å². The molecule has 0 aliphatic carbocycles. The molecule has 0 aliphatic rings. The molecule has 43 heavy (non-hydrogen) atoms. The Morgan fingerprint density at radius 3 is 2.12 bits per heavy atom. The molecule has 2 N–H and O–H groups in total. The zero-order valence-electron chi connectivity index (χ0n) is 24.0. The summed E-state index contributed by atoms with van der Waals surface area (Å²) in [5.74, 6) is -0.465. The summed E-state index contributed by atoms with van der Waals surface area (Å²) in [6, 6.07) is 26.9. The Kier molecular flexibility index (Phi) is 10.8. The van der Waals surface area contributed by atoms with Crippen molar-refractivity contribution in [3.05, 3.63) is 118 Å². The Labute approximate surface area is 255 Å². The first-order valence-corrected chi connectivity index (χ1v) is 14.1. The molecule has 0 aromatic heterocycles. The fourth-order valence-corrected chi connectivity index (χ4v) is 4.97. The third-order valence-corrected chi connectivity index (χ3v) is 7.20. The highest BCUT2D eigenvalue weighted by Gasteiger charge is 2.23. The summed E-state index contributed by atoms with van der Waals surface area (Å²) >= 11 is 6.09. The van der Waals surface area contributed by atoms with Gasteiger partial charge in [-0.15, -0.1) is 0 Å². The molecular formula is C34H33ClN2O6. The molecule has 8 nitrogen and oxygen atoms in total. The second kappa shape index (κ2) is 14.9. The quantitative estimate of drug-likeness (QED) is 0.192. The van der Waals surface area contributed by atoms with Crippen molar-refractivity contribution in [1.29, 1.82) is 0 Å². The molecule has 222 valence electrons. The number of carbonyl (C=O) groups excluding carboxylic acids is 2. The molecule has 0 bridgehead atoms. The number of halogens is 1. The van der Waals surface area contributed by atoms with Crippen molar-refractivity contribution in [2.45, 2.75) is 19.4 Å². The number of methoxy groups -OCH3 is 2. The first-order valence-electron chi connectivity index (χ1n) is 13.7. The lowest BCUT2D eigenvalue weighted by Gasteiger charge is -2.24. The number of benzene rings is 4. The molecular weight excluding hydrogens is 568 g/mol. The molecule has 0 unspecified atom stereocenters. The Morgan fingerprint density at radius 2 is 1.44 bits per heavy atom. The molecule has 4 aromatic carbocycles. The first-order chi connectivity index (χ1) is 20.8. The summed E-state index contributed by atoms with van der Waals surface area (Å²) in [6.45, 7) is 0.586. The van der Waals surface area contributed by atoms with Crippen LogP contribution in [0.5, 0.6) is 11.5 Å². The van der Waals surface area contributed by atoms with Crippen molar-refractivity contribution in [3.63, 3.8) is 0 Å². The van der Waals surface area contributed by atoms with Gasteiger partial charge in [0.2, 0.25) is 0 Å². The van der Waals surface area contributed by atoms with Gasteiger partial charge in [-0.25, -0.2) is 0 Å². The predicted octanol–water partition coefficient (Wildman–Crippen LogP) is 6.11. The molecule has 0 radical (unpaired) electrons. The summed E-state index contributed by atoms with van der Waals surface area (Å²) in [5.41, 5.74) is 3.71. The van der Waals surface area contributed by atoms with Crippen LogP contribution in [-0.2, 0) is 17.8 Å². The smallest absolute Gasteiger partial charge is 0.305 e.